The van der Waals surface area contributed by atoms with Gasteiger partial charge in [0.1, 0.15) is 0 Å². The van der Waals surface area contributed by atoms with E-state index in [1.165, 1.54) is 11.1 Å². The van der Waals surface area contributed by atoms with Crippen molar-refractivity contribution in [2.75, 3.05) is 6.54 Å². The lowest BCUT2D eigenvalue weighted by Crippen LogP contribution is -2.21. The number of rotatable bonds is 7. The summed E-state index contributed by atoms with van der Waals surface area (Å²) in [5.74, 6) is 0. The van der Waals surface area contributed by atoms with Gasteiger partial charge in [0, 0.05) is 6.04 Å². The van der Waals surface area contributed by atoms with Gasteiger partial charge in [-0.15, -0.1) is 0 Å². The monoisotopic (exact) mass is 258 g/mol. The highest BCUT2D eigenvalue weighted by molar-refractivity contribution is 5.24. The van der Waals surface area contributed by atoms with Crippen molar-refractivity contribution in [3.05, 3.63) is 35.4 Å². The van der Waals surface area contributed by atoms with Crippen LogP contribution in [-0.2, 0) is 6.42 Å². The van der Waals surface area contributed by atoms with Crippen LogP contribution in [0.15, 0.2) is 24.3 Å². The molecule has 0 radical (unpaired) electrons. The number of hydrogen-bond donors (Lipinski definition) is 1. The summed E-state index contributed by atoms with van der Waals surface area (Å²) in [4.78, 5) is 0. The van der Waals surface area contributed by atoms with Crippen LogP contribution in [0.25, 0.3) is 0 Å². The molecule has 104 valence electrons. The zero-order valence-corrected chi connectivity index (χ0v) is 12.7. The Morgan fingerprint density at radius 1 is 1.26 bits per heavy atom. The Balaban J connectivity index is 2.35. The average Bonchev–Trinajstić information content (AvgIpc) is 2.43. The molecule has 0 aliphatic heterocycles. The molecule has 0 saturated heterocycles. The van der Waals surface area contributed by atoms with Gasteiger partial charge in [0.25, 0.3) is 0 Å². The normalized spacial score (nSPS) is 13.0. The van der Waals surface area contributed by atoms with E-state index in [9.17, 15) is 0 Å². The standard InChI is InChI=1S/C17H26N2/c1-5-15-7-9-16(10-8-15)14(2)19-12-6-11-17(3,4)13-18/h7-10,14,19H,5-6,11-12H2,1-4H3. The molecule has 1 atom stereocenters. The maximum atomic E-state index is 8.96. The smallest absolute Gasteiger partial charge is 0.0683 e. The second-order valence-electron chi connectivity index (χ2n) is 5.87. The Morgan fingerprint density at radius 2 is 1.89 bits per heavy atom. The van der Waals surface area contributed by atoms with Gasteiger partial charge >= 0.3 is 0 Å². The molecule has 0 aliphatic carbocycles. The molecule has 0 heterocycles. The van der Waals surface area contributed by atoms with Crippen LogP contribution >= 0.6 is 0 Å². The van der Waals surface area contributed by atoms with Crippen molar-refractivity contribution in [1.29, 1.82) is 5.26 Å². The van der Waals surface area contributed by atoms with E-state index < -0.39 is 0 Å². The number of benzene rings is 1. The van der Waals surface area contributed by atoms with Gasteiger partial charge in [-0.05, 0) is 57.7 Å². The van der Waals surface area contributed by atoms with Crippen LogP contribution in [0.4, 0.5) is 0 Å². The van der Waals surface area contributed by atoms with Gasteiger partial charge in [-0.2, -0.15) is 5.26 Å². The molecule has 1 rings (SSSR count). The summed E-state index contributed by atoms with van der Waals surface area (Å²) in [5, 5.41) is 12.5. The minimum Gasteiger partial charge on any atom is -0.310 e. The molecule has 1 unspecified atom stereocenters. The molecule has 1 N–H and O–H groups in total. The molecule has 2 heteroatoms. The van der Waals surface area contributed by atoms with Crippen LogP contribution in [0.3, 0.4) is 0 Å². The van der Waals surface area contributed by atoms with Crippen molar-refractivity contribution in [3.8, 4) is 6.07 Å². The van der Waals surface area contributed by atoms with Gasteiger partial charge in [-0.25, -0.2) is 0 Å². The first-order valence-electron chi connectivity index (χ1n) is 7.22. The first-order valence-corrected chi connectivity index (χ1v) is 7.22. The first-order chi connectivity index (χ1) is 8.98. The van der Waals surface area contributed by atoms with Gasteiger partial charge in [0.2, 0.25) is 0 Å². The zero-order valence-electron chi connectivity index (χ0n) is 12.7. The van der Waals surface area contributed by atoms with Gasteiger partial charge in [0.15, 0.2) is 0 Å². The highest BCUT2D eigenvalue weighted by Gasteiger charge is 2.15. The van der Waals surface area contributed by atoms with E-state index in [0.717, 1.165) is 25.8 Å². The Bertz CT molecular complexity index is 412. The molecule has 0 bridgehead atoms. The van der Waals surface area contributed by atoms with Crippen molar-refractivity contribution in [3.63, 3.8) is 0 Å². The lowest BCUT2D eigenvalue weighted by molar-refractivity contribution is 0.417. The Labute approximate surface area is 117 Å². The Hall–Kier alpha value is -1.33. The molecular formula is C17H26N2. The van der Waals surface area contributed by atoms with E-state index in [4.69, 9.17) is 5.26 Å². The fraction of sp³-hybridized carbons (Fsp3) is 0.588. The molecule has 0 saturated carbocycles. The summed E-state index contributed by atoms with van der Waals surface area (Å²) in [6, 6.07) is 11.5. The number of hydrogen-bond acceptors (Lipinski definition) is 2. The van der Waals surface area contributed by atoms with E-state index >= 15 is 0 Å². The summed E-state index contributed by atoms with van der Waals surface area (Å²) < 4.78 is 0. The largest absolute Gasteiger partial charge is 0.310 e. The minimum absolute atomic E-state index is 0.201. The SMILES string of the molecule is CCc1ccc(C(C)NCCCC(C)(C)C#N)cc1. The molecule has 0 fully saturated rings. The molecule has 0 amide bonds. The van der Waals surface area contributed by atoms with Gasteiger partial charge in [-0.3, -0.25) is 0 Å². The number of nitriles is 1. The van der Waals surface area contributed by atoms with Gasteiger partial charge < -0.3 is 5.32 Å². The van der Waals surface area contributed by atoms with Crippen molar-refractivity contribution in [2.24, 2.45) is 5.41 Å². The maximum Gasteiger partial charge on any atom is 0.0683 e. The van der Waals surface area contributed by atoms with Crippen molar-refractivity contribution in [2.45, 2.75) is 53.0 Å². The summed E-state index contributed by atoms with van der Waals surface area (Å²) in [6.45, 7) is 9.33. The highest BCUT2D eigenvalue weighted by Crippen LogP contribution is 2.20. The first kappa shape index (κ1) is 15.7. The number of nitrogens with zero attached hydrogens (tertiary/aromatic N) is 1. The van der Waals surface area contributed by atoms with E-state index in [0.29, 0.717) is 6.04 Å². The predicted octanol–water partition coefficient (Wildman–Crippen LogP) is 4.23. The summed E-state index contributed by atoms with van der Waals surface area (Å²) in [7, 11) is 0. The van der Waals surface area contributed by atoms with Crippen LogP contribution in [0.5, 0.6) is 0 Å². The second-order valence-corrected chi connectivity index (χ2v) is 5.87. The average molecular weight is 258 g/mol. The zero-order chi connectivity index (χ0) is 14.3. The summed E-state index contributed by atoms with van der Waals surface area (Å²) in [6.07, 6.45) is 3.07. The fourth-order valence-corrected chi connectivity index (χ4v) is 2.06. The third-order valence-electron chi connectivity index (χ3n) is 3.62. The van der Waals surface area contributed by atoms with E-state index in [1.54, 1.807) is 0 Å². The Kier molecular flexibility index (Phi) is 6.05. The van der Waals surface area contributed by atoms with E-state index in [2.05, 4.69) is 49.5 Å². The summed E-state index contributed by atoms with van der Waals surface area (Å²) >= 11 is 0. The Morgan fingerprint density at radius 3 is 2.42 bits per heavy atom. The van der Waals surface area contributed by atoms with Crippen molar-refractivity contribution in [1.82, 2.24) is 5.32 Å². The lowest BCUT2D eigenvalue weighted by atomic mass is 9.90. The molecule has 0 aliphatic rings. The predicted molar refractivity (Wildman–Crippen MR) is 80.9 cm³/mol. The third kappa shape index (κ3) is 5.44. The van der Waals surface area contributed by atoms with Crippen LogP contribution < -0.4 is 5.32 Å². The lowest BCUT2D eigenvalue weighted by Gasteiger charge is -2.17. The van der Waals surface area contributed by atoms with Gasteiger partial charge in [-0.1, -0.05) is 31.2 Å². The molecule has 1 aromatic rings. The van der Waals surface area contributed by atoms with Crippen molar-refractivity contribution < 1.29 is 0 Å². The summed E-state index contributed by atoms with van der Waals surface area (Å²) in [5.41, 5.74) is 2.51. The highest BCUT2D eigenvalue weighted by atomic mass is 14.9. The van der Waals surface area contributed by atoms with Crippen LogP contribution in [0.1, 0.15) is 57.7 Å². The quantitative estimate of drug-likeness (QED) is 0.743. The molecule has 1 aromatic carbocycles. The molecule has 19 heavy (non-hydrogen) atoms. The molecule has 0 spiro atoms. The molecular weight excluding hydrogens is 232 g/mol. The topological polar surface area (TPSA) is 35.8 Å². The van der Waals surface area contributed by atoms with Crippen LogP contribution in [0.2, 0.25) is 0 Å². The van der Waals surface area contributed by atoms with Crippen LogP contribution in [0, 0.1) is 16.7 Å². The van der Waals surface area contributed by atoms with Gasteiger partial charge in [0.05, 0.1) is 11.5 Å². The minimum atomic E-state index is -0.201. The second kappa shape index (κ2) is 7.31. The number of nitrogens with one attached hydrogen (secondary N) is 1. The number of aryl methyl sites for hydroxylation is 1. The van der Waals surface area contributed by atoms with Crippen molar-refractivity contribution >= 4 is 0 Å². The van der Waals surface area contributed by atoms with Crippen LogP contribution in [-0.4, -0.2) is 6.54 Å². The maximum absolute atomic E-state index is 8.96. The fourth-order valence-electron chi connectivity index (χ4n) is 2.06. The molecule has 2 nitrogen and oxygen atoms in total. The molecule has 0 aromatic heterocycles. The van der Waals surface area contributed by atoms with E-state index in [1.807, 2.05) is 13.8 Å². The third-order valence-corrected chi connectivity index (χ3v) is 3.62. The van der Waals surface area contributed by atoms with E-state index in [-0.39, 0.29) is 5.41 Å².